The molecular weight excluding hydrogens is 277 g/mol. The molecule has 1 aromatic heterocycles. The Morgan fingerprint density at radius 3 is 2.73 bits per heavy atom. The van der Waals surface area contributed by atoms with Crippen LogP contribution in [-0.2, 0) is 19.9 Å². The second kappa shape index (κ2) is 5.53. The Hall–Kier alpha value is -0.530. The van der Waals surface area contributed by atoms with Crippen LogP contribution in [-0.4, -0.2) is 15.1 Å². The van der Waals surface area contributed by atoms with Gasteiger partial charge in [-0.3, -0.25) is 4.68 Å². The molecule has 1 heterocycles. The molecule has 0 aromatic carbocycles. The van der Waals surface area contributed by atoms with Crippen molar-refractivity contribution < 1.29 is 0 Å². The lowest BCUT2D eigenvalue weighted by molar-refractivity contribution is 0.649. The fourth-order valence-corrected chi connectivity index (χ4v) is 2.15. The summed E-state index contributed by atoms with van der Waals surface area (Å²) >= 11 is 9.49. The summed E-state index contributed by atoms with van der Waals surface area (Å²) in [6, 6.07) is 2.24. The van der Waals surface area contributed by atoms with Gasteiger partial charge in [0.05, 0.1) is 28.4 Å². The summed E-state index contributed by atoms with van der Waals surface area (Å²) in [6.45, 7) is 2.02. The van der Waals surface area contributed by atoms with Gasteiger partial charge in [-0.15, -0.1) is 0 Å². The number of halogens is 2. The molecule has 1 aromatic rings. The van der Waals surface area contributed by atoms with E-state index in [1.54, 1.807) is 4.68 Å². The van der Waals surface area contributed by atoms with Gasteiger partial charge in [0.2, 0.25) is 0 Å². The number of alkyl halides is 1. The van der Waals surface area contributed by atoms with E-state index in [0.29, 0.717) is 16.8 Å². The SMILES string of the molecule is CCc1nn(C)c(CC(C#N)CBr)c1Cl. The number of hydrogen-bond donors (Lipinski definition) is 0. The Labute approximate surface area is 103 Å². The topological polar surface area (TPSA) is 41.6 Å². The zero-order valence-corrected chi connectivity index (χ0v) is 11.1. The molecule has 0 aliphatic heterocycles. The molecule has 82 valence electrons. The van der Waals surface area contributed by atoms with Gasteiger partial charge in [-0.05, 0) is 6.42 Å². The van der Waals surface area contributed by atoms with Gasteiger partial charge in [0, 0.05) is 18.8 Å². The number of nitriles is 1. The predicted octanol–water partition coefficient (Wildman–Crippen LogP) is 2.71. The first-order valence-corrected chi connectivity index (χ1v) is 6.29. The molecule has 0 aliphatic rings. The van der Waals surface area contributed by atoms with Crippen molar-refractivity contribution in [2.45, 2.75) is 19.8 Å². The molecule has 0 bridgehead atoms. The lowest BCUT2D eigenvalue weighted by Gasteiger charge is -2.05. The summed E-state index contributed by atoms with van der Waals surface area (Å²) < 4.78 is 1.77. The van der Waals surface area contributed by atoms with Gasteiger partial charge < -0.3 is 0 Å². The molecule has 0 saturated heterocycles. The second-order valence-corrected chi connectivity index (χ2v) is 4.39. The molecule has 0 radical (unpaired) electrons. The summed E-state index contributed by atoms with van der Waals surface area (Å²) in [6.07, 6.45) is 1.46. The zero-order chi connectivity index (χ0) is 11.4. The number of rotatable bonds is 4. The average molecular weight is 291 g/mol. The summed E-state index contributed by atoms with van der Waals surface area (Å²) in [4.78, 5) is 0. The second-order valence-electron chi connectivity index (χ2n) is 3.37. The van der Waals surface area contributed by atoms with Gasteiger partial charge in [-0.25, -0.2) is 0 Å². The number of aryl methyl sites for hydroxylation is 2. The van der Waals surface area contributed by atoms with E-state index < -0.39 is 0 Å². The highest BCUT2D eigenvalue weighted by atomic mass is 79.9. The van der Waals surface area contributed by atoms with Crippen LogP contribution in [0.4, 0.5) is 0 Å². The largest absolute Gasteiger partial charge is 0.271 e. The van der Waals surface area contributed by atoms with Crippen molar-refractivity contribution in [3.63, 3.8) is 0 Å². The van der Waals surface area contributed by atoms with Crippen LogP contribution in [0.25, 0.3) is 0 Å². The minimum atomic E-state index is -0.0531. The molecule has 0 spiro atoms. The number of nitrogens with zero attached hydrogens (tertiary/aromatic N) is 3. The van der Waals surface area contributed by atoms with Gasteiger partial charge in [0.25, 0.3) is 0 Å². The third-order valence-electron chi connectivity index (χ3n) is 2.31. The van der Waals surface area contributed by atoms with Crippen molar-refractivity contribution in [3.8, 4) is 6.07 Å². The first kappa shape index (κ1) is 12.5. The van der Waals surface area contributed by atoms with E-state index in [1.807, 2.05) is 14.0 Å². The van der Waals surface area contributed by atoms with Crippen LogP contribution in [0.2, 0.25) is 5.02 Å². The molecular formula is C10H13BrClN3. The van der Waals surface area contributed by atoms with Crippen molar-refractivity contribution in [3.05, 3.63) is 16.4 Å². The summed E-state index contributed by atoms with van der Waals surface area (Å²) in [7, 11) is 1.86. The van der Waals surface area contributed by atoms with E-state index in [-0.39, 0.29) is 5.92 Å². The van der Waals surface area contributed by atoms with Gasteiger partial charge in [-0.2, -0.15) is 10.4 Å². The van der Waals surface area contributed by atoms with Crippen LogP contribution in [0.15, 0.2) is 0 Å². The predicted molar refractivity (Wildman–Crippen MR) is 64.2 cm³/mol. The molecule has 3 nitrogen and oxygen atoms in total. The fraction of sp³-hybridized carbons (Fsp3) is 0.600. The Balaban J connectivity index is 2.95. The van der Waals surface area contributed by atoms with Crippen molar-refractivity contribution in [2.75, 3.05) is 5.33 Å². The van der Waals surface area contributed by atoms with Crippen molar-refractivity contribution in [1.82, 2.24) is 9.78 Å². The molecule has 0 aliphatic carbocycles. The monoisotopic (exact) mass is 289 g/mol. The third kappa shape index (κ3) is 2.73. The maximum absolute atomic E-state index is 8.88. The first-order valence-electron chi connectivity index (χ1n) is 4.79. The standard InChI is InChI=1S/C10H13BrClN3/c1-3-8-10(12)9(15(2)14-8)4-7(5-11)6-13/h7H,3-5H2,1-2H3. The van der Waals surface area contributed by atoms with Gasteiger partial charge >= 0.3 is 0 Å². The Bertz CT molecular complexity index is 381. The molecule has 1 unspecified atom stereocenters. The van der Waals surface area contributed by atoms with E-state index in [2.05, 4.69) is 27.1 Å². The van der Waals surface area contributed by atoms with E-state index >= 15 is 0 Å². The third-order valence-corrected chi connectivity index (χ3v) is 3.53. The summed E-state index contributed by atoms with van der Waals surface area (Å²) in [5.41, 5.74) is 1.85. The Morgan fingerprint density at radius 1 is 1.67 bits per heavy atom. The molecule has 1 atom stereocenters. The molecule has 5 heteroatoms. The van der Waals surface area contributed by atoms with E-state index in [1.165, 1.54) is 0 Å². The van der Waals surface area contributed by atoms with Gasteiger partial charge in [-0.1, -0.05) is 34.5 Å². The van der Waals surface area contributed by atoms with E-state index in [0.717, 1.165) is 17.8 Å². The van der Waals surface area contributed by atoms with Gasteiger partial charge in [0.1, 0.15) is 0 Å². The molecule has 15 heavy (non-hydrogen) atoms. The van der Waals surface area contributed by atoms with Crippen molar-refractivity contribution >= 4 is 27.5 Å². The van der Waals surface area contributed by atoms with E-state index in [9.17, 15) is 0 Å². The minimum Gasteiger partial charge on any atom is -0.271 e. The van der Waals surface area contributed by atoms with Crippen LogP contribution in [0, 0.1) is 17.2 Å². The molecule has 0 saturated carbocycles. The smallest absolute Gasteiger partial charge is 0.0850 e. The van der Waals surface area contributed by atoms with Crippen molar-refractivity contribution in [2.24, 2.45) is 13.0 Å². The fourth-order valence-electron chi connectivity index (χ4n) is 1.41. The zero-order valence-electron chi connectivity index (χ0n) is 8.80. The molecule has 0 fully saturated rings. The lowest BCUT2D eigenvalue weighted by atomic mass is 10.1. The number of aromatic nitrogens is 2. The Morgan fingerprint density at radius 2 is 2.33 bits per heavy atom. The average Bonchev–Trinajstić information content (AvgIpc) is 2.51. The van der Waals surface area contributed by atoms with E-state index in [4.69, 9.17) is 16.9 Å². The normalized spacial score (nSPS) is 12.5. The molecule has 0 N–H and O–H groups in total. The highest BCUT2D eigenvalue weighted by Gasteiger charge is 2.16. The minimum absolute atomic E-state index is 0.0531. The van der Waals surface area contributed by atoms with Gasteiger partial charge in [0.15, 0.2) is 0 Å². The Kier molecular flexibility index (Phi) is 4.62. The molecule has 1 rings (SSSR count). The first-order chi connectivity index (χ1) is 7.13. The molecule has 0 amide bonds. The number of hydrogen-bond acceptors (Lipinski definition) is 2. The summed E-state index contributed by atoms with van der Waals surface area (Å²) in [5, 5.41) is 14.6. The quantitative estimate of drug-likeness (QED) is 0.800. The van der Waals surface area contributed by atoms with Crippen LogP contribution in [0.1, 0.15) is 18.3 Å². The highest BCUT2D eigenvalue weighted by molar-refractivity contribution is 9.09. The van der Waals surface area contributed by atoms with Crippen LogP contribution < -0.4 is 0 Å². The summed E-state index contributed by atoms with van der Waals surface area (Å²) in [5.74, 6) is -0.0531. The maximum atomic E-state index is 8.88. The van der Waals surface area contributed by atoms with Crippen molar-refractivity contribution in [1.29, 1.82) is 5.26 Å². The maximum Gasteiger partial charge on any atom is 0.0850 e. The highest BCUT2D eigenvalue weighted by Crippen LogP contribution is 2.23. The van der Waals surface area contributed by atoms with Crippen LogP contribution in [0.3, 0.4) is 0 Å². The van der Waals surface area contributed by atoms with Crippen LogP contribution in [0.5, 0.6) is 0 Å². The lowest BCUT2D eigenvalue weighted by Crippen LogP contribution is -2.08. The van der Waals surface area contributed by atoms with Crippen LogP contribution >= 0.6 is 27.5 Å².